The number of anilines is 1. The fourth-order valence-electron chi connectivity index (χ4n) is 2.90. The summed E-state index contributed by atoms with van der Waals surface area (Å²) in [5.41, 5.74) is 9.85. The molecule has 0 saturated heterocycles. The van der Waals surface area contributed by atoms with Gasteiger partial charge in [0.25, 0.3) is 10.0 Å². The fraction of sp³-hybridized carbons (Fsp3) is 0.211. The summed E-state index contributed by atoms with van der Waals surface area (Å²) in [5.74, 6) is -0.995. The van der Waals surface area contributed by atoms with Gasteiger partial charge in [0.2, 0.25) is 11.7 Å². The Morgan fingerprint density at radius 2 is 1.68 bits per heavy atom. The van der Waals surface area contributed by atoms with Gasteiger partial charge < -0.3 is 5.73 Å². The zero-order valence-electron chi connectivity index (χ0n) is 15.8. The Morgan fingerprint density at radius 1 is 1.07 bits per heavy atom. The molecule has 9 heteroatoms. The topological polar surface area (TPSA) is 119 Å². The van der Waals surface area contributed by atoms with Crippen molar-refractivity contribution >= 4 is 49.0 Å². The molecule has 7 nitrogen and oxygen atoms in total. The minimum atomic E-state index is -3.95. The van der Waals surface area contributed by atoms with Crippen LogP contribution < -0.4 is 10.5 Å². The molecule has 0 spiro atoms. The molecule has 0 bridgehead atoms. The molecule has 0 unspecified atom stereocenters. The number of rotatable bonds is 4. The monoisotopic (exact) mass is 417 g/mol. The van der Waals surface area contributed by atoms with Crippen LogP contribution in [-0.4, -0.2) is 25.1 Å². The third-order valence-electron chi connectivity index (χ3n) is 4.59. The fourth-order valence-corrected chi connectivity index (χ4v) is 5.06. The van der Waals surface area contributed by atoms with Gasteiger partial charge in [-0.3, -0.25) is 9.59 Å². The molecule has 0 aliphatic carbocycles. The summed E-state index contributed by atoms with van der Waals surface area (Å²) in [6.45, 7) is 6.93. The lowest BCUT2D eigenvalue weighted by atomic mass is 10.0. The van der Waals surface area contributed by atoms with Crippen molar-refractivity contribution < 1.29 is 18.0 Å². The van der Waals surface area contributed by atoms with Crippen LogP contribution in [-0.2, 0) is 14.8 Å². The number of nitrogen functional groups attached to an aromatic ring is 1. The molecule has 0 radical (unpaired) electrons. The van der Waals surface area contributed by atoms with E-state index in [0.29, 0.717) is 21.0 Å². The summed E-state index contributed by atoms with van der Waals surface area (Å²) in [6.07, 6.45) is 0. The molecule has 0 atom stereocenters. The summed E-state index contributed by atoms with van der Waals surface area (Å²) in [5, 5.41) is 0.779. The highest BCUT2D eigenvalue weighted by Gasteiger charge is 2.22. The number of benzene rings is 1. The van der Waals surface area contributed by atoms with Crippen molar-refractivity contribution in [2.24, 2.45) is 0 Å². The standard InChI is InChI=1S/C19H19N3O4S2/c1-9-10(2)15-16(20)18(27-19(15)21-11(9)3)17(24)13-5-7-14(8-6-13)28(25,26)22-12(4)23/h5-8H,20H2,1-4H3,(H,22,23). The van der Waals surface area contributed by atoms with Crippen molar-refractivity contribution in [3.05, 3.63) is 51.5 Å². The number of aryl methyl sites for hydroxylation is 2. The third kappa shape index (κ3) is 3.38. The number of carbonyl (C=O) groups is 2. The van der Waals surface area contributed by atoms with Gasteiger partial charge in [-0.2, -0.15) is 0 Å². The smallest absolute Gasteiger partial charge is 0.264 e. The van der Waals surface area contributed by atoms with E-state index in [1.54, 1.807) is 0 Å². The lowest BCUT2D eigenvalue weighted by Crippen LogP contribution is -2.28. The maximum Gasteiger partial charge on any atom is 0.264 e. The van der Waals surface area contributed by atoms with E-state index in [2.05, 4.69) is 4.98 Å². The zero-order chi connectivity index (χ0) is 20.8. The summed E-state index contributed by atoms with van der Waals surface area (Å²) in [7, 11) is -3.95. The van der Waals surface area contributed by atoms with Crippen LogP contribution in [0.5, 0.6) is 0 Å². The van der Waals surface area contributed by atoms with Crippen LogP contribution in [0.2, 0.25) is 0 Å². The summed E-state index contributed by atoms with van der Waals surface area (Å²) in [4.78, 5) is 29.5. The molecule has 3 aromatic rings. The largest absolute Gasteiger partial charge is 0.397 e. The molecule has 28 heavy (non-hydrogen) atoms. The minimum absolute atomic E-state index is 0.104. The van der Waals surface area contributed by atoms with Gasteiger partial charge in [-0.15, -0.1) is 11.3 Å². The molecule has 0 fully saturated rings. The van der Waals surface area contributed by atoms with E-state index in [1.807, 2.05) is 25.5 Å². The van der Waals surface area contributed by atoms with Gasteiger partial charge in [0.1, 0.15) is 9.71 Å². The van der Waals surface area contributed by atoms with Crippen molar-refractivity contribution in [2.75, 3.05) is 5.73 Å². The summed E-state index contributed by atoms with van der Waals surface area (Å²) < 4.78 is 25.9. The highest BCUT2D eigenvalue weighted by Crippen LogP contribution is 2.37. The second-order valence-corrected chi connectivity index (χ2v) is 9.17. The van der Waals surface area contributed by atoms with Crippen LogP contribution in [0.4, 0.5) is 5.69 Å². The van der Waals surface area contributed by atoms with Gasteiger partial charge in [-0.05, 0) is 56.2 Å². The van der Waals surface area contributed by atoms with E-state index >= 15 is 0 Å². The normalized spacial score (nSPS) is 11.6. The number of aromatic nitrogens is 1. The number of thiophene rings is 1. The van der Waals surface area contributed by atoms with Crippen LogP contribution in [0.1, 0.15) is 39.0 Å². The van der Waals surface area contributed by atoms with Gasteiger partial charge >= 0.3 is 0 Å². The van der Waals surface area contributed by atoms with E-state index in [1.165, 1.54) is 35.6 Å². The number of ketones is 1. The van der Waals surface area contributed by atoms with E-state index in [9.17, 15) is 18.0 Å². The molecule has 1 amide bonds. The number of hydrogen-bond acceptors (Lipinski definition) is 7. The van der Waals surface area contributed by atoms with Gasteiger partial charge in [0, 0.05) is 23.6 Å². The first-order valence-corrected chi connectivity index (χ1v) is 10.7. The second kappa shape index (κ2) is 6.99. The van der Waals surface area contributed by atoms with Crippen LogP contribution in [0.3, 0.4) is 0 Å². The van der Waals surface area contributed by atoms with Crippen molar-refractivity contribution in [3.63, 3.8) is 0 Å². The number of pyridine rings is 1. The molecule has 1 aromatic carbocycles. The molecule has 2 heterocycles. The molecule has 146 valence electrons. The third-order valence-corrected chi connectivity index (χ3v) is 7.13. The quantitative estimate of drug-likeness (QED) is 0.630. The summed E-state index contributed by atoms with van der Waals surface area (Å²) >= 11 is 1.22. The van der Waals surface area contributed by atoms with Crippen LogP contribution in [0.25, 0.3) is 10.2 Å². The number of sulfonamides is 1. The summed E-state index contributed by atoms with van der Waals surface area (Å²) in [6, 6.07) is 5.36. The van der Waals surface area contributed by atoms with Crippen LogP contribution in [0, 0.1) is 20.8 Å². The predicted molar refractivity (Wildman–Crippen MR) is 109 cm³/mol. The van der Waals surface area contributed by atoms with E-state index < -0.39 is 15.9 Å². The molecule has 0 aliphatic heterocycles. The van der Waals surface area contributed by atoms with E-state index in [0.717, 1.165) is 29.1 Å². The van der Waals surface area contributed by atoms with Crippen LogP contribution >= 0.6 is 11.3 Å². The Labute approximate surface area is 166 Å². The van der Waals surface area contributed by atoms with Crippen molar-refractivity contribution in [2.45, 2.75) is 32.6 Å². The van der Waals surface area contributed by atoms with Gasteiger partial charge in [0.15, 0.2) is 0 Å². The molecule has 3 N–H and O–H groups in total. The maximum atomic E-state index is 12.9. The number of amides is 1. The Morgan fingerprint density at radius 3 is 2.25 bits per heavy atom. The SMILES string of the molecule is CC(=O)NS(=O)(=O)c1ccc(C(=O)c2sc3nc(C)c(C)c(C)c3c2N)cc1. The van der Waals surface area contributed by atoms with Crippen LogP contribution in [0.15, 0.2) is 29.2 Å². The van der Waals surface area contributed by atoms with E-state index in [-0.39, 0.29) is 10.7 Å². The van der Waals surface area contributed by atoms with Crippen molar-refractivity contribution in [1.29, 1.82) is 0 Å². The molecular weight excluding hydrogens is 398 g/mol. The van der Waals surface area contributed by atoms with Gasteiger partial charge in [-0.1, -0.05) is 0 Å². The number of fused-ring (bicyclic) bond motifs is 1. The Hall–Kier alpha value is -2.78. The number of hydrogen-bond donors (Lipinski definition) is 2. The van der Waals surface area contributed by atoms with Gasteiger partial charge in [0.05, 0.1) is 10.6 Å². The first-order valence-electron chi connectivity index (χ1n) is 8.37. The zero-order valence-corrected chi connectivity index (χ0v) is 17.4. The molecule has 0 saturated carbocycles. The predicted octanol–water partition coefficient (Wildman–Crippen LogP) is 2.86. The number of nitrogens with zero attached hydrogens (tertiary/aromatic N) is 1. The van der Waals surface area contributed by atoms with Gasteiger partial charge in [-0.25, -0.2) is 18.1 Å². The number of carbonyl (C=O) groups excluding carboxylic acids is 2. The first kappa shape index (κ1) is 20.0. The molecular formula is C19H19N3O4S2. The Kier molecular flexibility index (Phi) is 4.99. The average Bonchev–Trinajstić information content (AvgIpc) is 2.94. The number of nitrogens with two attached hydrogens (primary N) is 1. The first-order chi connectivity index (χ1) is 13.0. The average molecular weight is 418 g/mol. The van der Waals surface area contributed by atoms with Crippen molar-refractivity contribution in [1.82, 2.24) is 9.71 Å². The molecule has 3 rings (SSSR count). The highest BCUT2D eigenvalue weighted by atomic mass is 32.2. The lowest BCUT2D eigenvalue weighted by Gasteiger charge is -2.06. The lowest BCUT2D eigenvalue weighted by molar-refractivity contribution is -0.117. The minimum Gasteiger partial charge on any atom is -0.397 e. The maximum absolute atomic E-state index is 12.9. The van der Waals surface area contributed by atoms with Crippen molar-refractivity contribution in [3.8, 4) is 0 Å². The molecule has 2 aromatic heterocycles. The number of nitrogens with one attached hydrogen (secondary N) is 1. The molecule has 0 aliphatic rings. The Bertz CT molecular complexity index is 1230. The van der Waals surface area contributed by atoms with E-state index in [4.69, 9.17) is 5.73 Å². The second-order valence-electron chi connectivity index (χ2n) is 6.49. The Balaban J connectivity index is 2.02. The highest BCUT2D eigenvalue weighted by molar-refractivity contribution is 7.90.